The Morgan fingerprint density at radius 2 is 1.83 bits per heavy atom. The predicted octanol–water partition coefficient (Wildman–Crippen LogP) is 4.07. The summed E-state index contributed by atoms with van der Waals surface area (Å²) in [5, 5.41) is 0.872. The molecule has 0 aliphatic carbocycles. The monoisotopic (exact) mass is 281 g/mol. The van der Waals surface area contributed by atoms with Crippen LogP contribution in [0, 0.1) is 5.82 Å². The Labute approximate surface area is 112 Å². The normalized spacial score (nSPS) is 11.1. The zero-order chi connectivity index (χ0) is 12.7. The van der Waals surface area contributed by atoms with E-state index in [1.807, 2.05) is 0 Å². The Hall–Kier alpha value is -1.65. The van der Waals surface area contributed by atoms with Gasteiger partial charge in [-0.2, -0.15) is 0 Å². The van der Waals surface area contributed by atoms with Crippen molar-refractivity contribution in [2.24, 2.45) is 0 Å². The van der Waals surface area contributed by atoms with E-state index in [1.165, 1.54) is 12.3 Å². The molecule has 3 aromatic rings. The van der Waals surface area contributed by atoms with Crippen LogP contribution in [0.2, 0.25) is 10.0 Å². The van der Waals surface area contributed by atoms with Gasteiger partial charge in [-0.1, -0.05) is 23.2 Å². The molecule has 0 saturated carbocycles. The number of benzene rings is 1. The summed E-state index contributed by atoms with van der Waals surface area (Å²) in [7, 11) is 0. The number of aromatic nitrogens is 3. The number of imidazole rings is 1. The van der Waals surface area contributed by atoms with Gasteiger partial charge in [-0.05, 0) is 18.2 Å². The average Bonchev–Trinajstić information content (AvgIpc) is 2.73. The first kappa shape index (κ1) is 11.4. The van der Waals surface area contributed by atoms with Crippen molar-refractivity contribution < 1.29 is 4.39 Å². The molecule has 90 valence electrons. The van der Waals surface area contributed by atoms with E-state index in [0.717, 1.165) is 11.7 Å². The number of hydrogen-bond donors (Lipinski definition) is 1. The van der Waals surface area contributed by atoms with Crippen LogP contribution in [0.4, 0.5) is 4.39 Å². The van der Waals surface area contributed by atoms with Crippen molar-refractivity contribution in [3.05, 3.63) is 46.5 Å². The first-order valence-electron chi connectivity index (χ1n) is 5.09. The lowest BCUT2D eigenvalue weighted by atomic mass is 10.3. The van der Waals surface area contributed by atoms with E-state index >= 15 is 0 Å². The molecule has 18 heavy (non-hydrogen) atoms. The smallest absolute Gasteiger partial charge is 0.142 e. The molecular formula is C12H6Cl2FN3. The number of nitrogens with one attached hydrogen (secondary N) is 1. The number of H-pyrrole nitrogens is 1. The van der Waals surface area contributed by atoms with Gasteiger partial charge < -0.3 is 4.98 Å². The van der Waals surface area contributed by atoms with Crippen molar-refractivity contribution >= 4 is 34.2 Å². The fourth-order valence-electron chi connectivity index (χ4n) is 1.68. The highest BCUT2D eigenvalue weighted by Gasteiger charge is 2.09. The molecule has 0 bridgehead atoms. The SMILES string of the molecule is Fc1cncc(-c2nc3cc(Cl)c(Cl)cc3[nH]2)c1. The molecule has 1 aromatic carbocycles. The third-order valence-corrected chi connectivity index (χ3v) is 3.22. The zero-order valence-corrected chi connectivity index (χ0v) is 10.4. The molecule has 0 unspecified atom stereocenters. The Kier molecular flexibility index (Phi) is 2.69. The molecule has 0 saturated heterocycles. The topological polar surface area (TPSA) is 41.6 Å². The van der Waals surface area contributed by atoms with Gasteiger partial charge >= 0.3 is 0 Å². The van der Waals surface area contributed by atoms with Crippen LogP contribution in [0.5, 0.6) is 0 Å². The molecule has 0 radical (unpaired) electrons. The van der Waals surface area contributed by atoms with E-state index in [-0.39, 0.29) is 0 Å². The number of fused-ring (bicyclic) bond motifs is 1. The molecule has 0 atom stereocenters. The lowest BCUT2D eigenvalue weighted by molar-refractivity contribution is 0.622. The van der Waals surface area contributed by atoms with Crippen LogP contribution in [0.25, 0.3) is 22.4 Å². The molecule has 3 rings (SSSR count). The molecule has 0 fully saturated rings. The van der Waals surface area contributed by atoms with E-state index in [2.05, 4.69) is 15.0 Å². The van der Waals surface area contributed by atoms with Gasteiger partial charge in [-0.25, -0.2) is 9.37 Å². The van der Waals surface area contributed by atoms with E-state index < -0.39 is 5.82 Å². The first-order valence-corrected chi connectivity index (χ1v) is 5.85. The van der Waals surface area contributed by atoms with Crippen molar-refractivity contribution in [3.8, 4) is 11.4 Å². The molecule has 0 aliphatic rings. The number of hydrogen-bond acceptors (Lipinski definition) is 2. The summed E-state index contributed by atoms with van der Waals surface area (Å²) in [4.78, 5) is 11.1. The molecule has 2 heterocycles. The Morgan fingerprint density at radius 1 is 1.06 bits per heavy atom. The third kappa shape index (κ3) is 1.94. The number of pyridine rings is 1. The minimum absolute atomic E-state index is 0.413. The highest BCUT2D eigenvalue weighted by molar-refractivity contribution is 6.42. The fourth-order valence-corrected chi connectivity index (χ4v) is 2.00. The average molecular weight is 282 g/mol. The maximum atomic E-state index is 13.1. The van der Waals surface area contributed by atoms with Crippen LogP contribution in [0.15, 0.2) is 30.6 Å². The van der Waals surface area contributed by atoms with Crippen LogP contribution in [0.1, 0.15) is 0 Å². The standard InChI is InChI=1S/C12H6Cl2FN3/c13-8-2-10-11(3-9(8)14)18-12(17-10)6-1-7(15)5-16-4-6/h1-5H,(H,17,18). The van der Waals surface area contributed by atoms with Gasteiger partial charge in [0, 0.05) is 11.8 Å². The lowest BCUT2D eigenvalue weighted by Gasteiger charge is -1.94. The van der Waals surface area contributed by atoms with Crippen LogP contribution in [-0.2, 0) is 0 Å². The maximum Gasteiger partial charge on any atom is 0.142 e. The molecule has 0 aliphatic heterocycles. The molecule has 0 spiro atoms. The van der Waals surface area contributed by atoms with Crippen LogP contribution in [-0.4, -0.2) is 15.0 Å². The predicted molar refractivity (Wildman–Crippen MR) is 69.3 cm³/mol. The Bertz CT molecular complexity index is 700. The number of rotatable bonds is 1. The quantitative estimate of drug-likeness (QED) is 0.731. The van der Waals surface area contributed by atoms with Crippen LogP contribution in [0.3, 0.4) is 0 Å². The summed E-state index contributed by atoms with van der Waals surface area (Å²) in [5.74, 6) is 0.111. The maximum absolute atomic E-state index is 13.1. The van der Waals surface area contributed by atoms with Gasteiger partial charge in [0.25, 0.3) is 0 Å². The highest BCUT2D eigenvalue weighted by Crippen LogP contribution is 2.28. The van der Waals surface area contributed by atoms with Crippen molar-refractivity contribution in [2.45, 2.75) is 0 Å². The summed E-state index contributed by atoms with van der Waals surface area (Å²) in [6, 6.07) is 4.70. The van der Waals surface area contributed by atoms with Crippen molar-refractivity contribution in [2.75, 3.05) is 0 Å². The molecule has 0 amide bonds. The van der Waals surface area contributed by atoms with Crippen molar-refractivity contribution in [1.29, 1.82) is 0 Å². The Morgan fingerprint density at radius 3 is 2.61 bits per heavy atom. The molecule has 6 heteroatoms. The van der Waals surface area contributed by atoms with Crippen LogP contribution < -0.4 is 0 Å². The summed E-state index contributed by atoms with van der Waals surface area (Å²) in [6.45, 7) is 0. The minimum atomic E-state index is -0.413. The molecule has 3 nitrogen and oxygen atoms in total. The van der Waals surface area contributed by atoms with Crippen molar-refractivity contribution in [1.82, 2.24) is 15.0 Å². The first-order chi connectivity index (χ1) is 8.63. The van der Waals surface area contributed by atoms with Gasteiger partial charge in [0.2, 0.25) is 0 Å². The van der Waals surface area contributed by atoms with Crippen molar-refractivity contribution in [3.63, 3.8) is 0 Å². The fraction of sp³-hybridized carbons (Fsp3) is 0. The van der Waals surface area contributed by atoms with E-state index in [0.29, 0.717) is 26.9 Å². The van der Waals surface area contributed by atoms with Gasteiger partial charge in [-0.15, -0.1) is 0 Å². The summed E-state index contributed by atoms with van der Waals surface area (Å²) >= 11 is 11.8. The second-order valence-electron chi connectivity index (χ2n) is 3.76. The number of nitrogens with zero attached hydrogens (tertiary/aromatic N) is 2. The summed E-state index contributed by atoms with van der Waals surface area (Å²) in [6.07, 6.45) is 2.67. The Balaban J connectivity index is 2.19. The number of aromatic amines is 1. The highest BCUT2D eigenvalue weighted by atomic mass is 35.5. The molecular weight excluding hydrogens is 276 g/mol. The minimum Gasteiger partial charge on any atom is -0.338 e. The van der Waals surface area contributed by atoms with Gasteiger partial charge in [0.05, 0.1) is 27.3 Å². The largest absolute Gasteiger partial charge is 0.338 e. The second-order valence-corrected chi connectivity index (χ2v) is 4.58. The lowest BCUT2D eigenvalue weighted by Crippen LogP contribution is -1.84. The summed E-state index contributed by atoms with van der Waals surface area (Å²) < 4.78 is 13.1. The summed E-state index contributed by atoms with van der Waals surface area (Å²) in [5.41, 5.74) is 1.98. The van der Waals surface area contributed by atoms with Gasteiger partial charge in [0.1, 0.15) is 11.6 Å². The zero-order valence-electron chi connectivity index (χ0n) is 8.92. The van der Waals surface area contributed by atoms with E-state index in [4.69, 9.17) is 23.2 Å². The van der Waals surface area contributed by atoms with Gasteiger partial charge in [0.15, 0.2) is 0 Å². The molecule has 1 N–H and O–H groups in total. The van der Waals surface area contributed by atoms with E-state index in [1.54, 1.807) is 12.1 Å². The second kappa shape index (κ2) is 4.23. The third-order valence-electron chi connectivity index (χ3n) is 2.50. The van der Waals surface area contributed by atoms with Gasteiger partial charge in [-0.3, -0.25) is 4.98 Å². The van der Waals surface area contributed by atoms with Crippen LogP contribution >= 0.6 is 23.2 Å². The van der Waals surface area contributed by atoms with E-state index in [9.17, 15) is 4.39 Å². The molecule has 2 aromatic heterocycles. The number of halogens is 3.